The summed E-state index contributed by atoms with van der Waals surface area (Å²) in [5.74, 6) is 0. The van der Waals surface area contributed by atoms with E-state index in [4.69, 9.17) is 12.2 Å². The molecule has 1 aromatic carbocycles. The highest BCUT2D eigenvalue weighted by Gasteiger charge is 2.25. The van der Waals surface area contributed by atoms with Crippen LogP contribution in [0.3, 0.4) is 0 Å². The van der Waals surface area contributed by atoms with E-state index < -0.39 is 0 Å². The Labute approximate surface area is 90.5 Å². The molecule has 0 saturated heterocycles. The lowest BCUT2D eigenvalue weighted by atomic mass is 9.83. The van der Waals surface area contributed by atoms with Gasteiger partial charge in [-0.2, -0.15) is 0 Å². The Bertz CT molecular complexity index is 368. The van der Waals surface area contributed by atoms with Gasteiger partial charge in [-0.3, -0.25) is 0 Å². The van der Waals surface area contributed by atoms with Gasteiger partial charge in [-0.25, -0.2) is 0 Å². The molecule has 0 fully saturated rings. The molecule has 2 rings (SSSR count). The fraction of sp³-hybridized carbons (Fsp3) is 0.417. The van der Waals surface area contributed by atoms with Crippen molar-refractivity contribution in [1.82, 2.24) is 0 Å². The summed E-state index contributed by atoms with van der Waals surface area (Å²) in [5.41, 5.74) is 2.83. The van der Waals surface area contributed by atoms with Gasteiger partial charge in [-0.1, -0.05) is 44.3 Å². The largest absolute Gasteiger partial charge is 0.350 e. The molecule has 74 valence electrons. The Morgan fingerprint density at radius 3 is 2.71 bits per heavy atom. The maximum absolute atomic E-state index is 5.31. The van der Waals surface area contributed by atoms with E-state index in [1.807, 2.05) is 6.07 Å². The number of rotatable bonds is 0. The van der Waals surface area contributed by atoms with Crippen LogP contribution in [0.25, 0.3) is 0 Å². The average molecular weight is 205 g/mol. The van der Waals surface area contributed by atoms with Crippen LogP contribution in [0, 0.1) is 5.41 Å². The van der Waals surface area contributed by atoms with Crippen molar-refractivity contribution in [3.63, 3.8) is 0 Å². The molecule has 1 aliphatic heterocycles. The van der Waals surface area contributed by atoms with Crippen molar-refractivity contribution in [2.45, 2.75) is 26.7 Å². The van der Waals surface area contributed by atoms with Crippen LogP contribution in [-0.4, -0.2) is 4.99 Å². The molecule has 0 saturated carbocycles. The molecule has 0 aromatic heterocycles. The molecule has 1 aliphatic rings. The van der Waals surface area contributed by atoms with Crippen molar-refractivity contribution >= 4 is 22.9 Å². The van der Waals surface area contributed by atoms with Gasteiger partial charge < -0.3 is 5.32 Å². The Morgan fingerprint density at radius 1 is 1.21 bits per heavy atom. The summed E-state index contributed by atoms with van der Waals surface area (Å²) in [6.07, 6.45) is 2.06. The van der Waals surface area contributed by atoms with E-state index in [-0.39, 0.29) is 5.41 Å². The third kappa shape index (κ3) is 1.95. The quantitative estimate of drug-likeness (QED) is 0.651. The summed E-state index contributed by atoms with van der Waals surface area (Å²) in [6.45, 7) is 4.53. The number of thiocarbonyl (C=S) groups is 1. The Kier molecular flexibility index (Phi) is 2.31. The molecule has 0 atom stereocenters. The minimum absolute atomic E-state index is 0.274. The fourth-order valence-electron chi connectivity index (χ4n) is 2.00. The molecule has 0 bridgehead atoms. The van der Waals surface area contributed by atoms with Crippen molar-refractivity contribution in [3.05, 3.63) is 29.8 Å². The van der Waals surface area contributed by atoms with Crippen molar-refractivity contribution in [3.8, 4) is 0 Å². The van der Waals surface area contributed by atoms with E-state index in [0.717, 1.165) is 17.8 Å². The van der Waals surface area contributed by atoms with E-state index in [1.165, 1.54) is 11.3 Å². The summed E-state index contributed by atoms with van der Waals surface area (Å²) >= 11 is 5.31. The standard InChI is InChI=1S/C12H15NS/c1-12(2)7-9-5-3-4-6-10(9)13-11(14)8-12/h3-6H,7-8H2,1-2H3,(H,13,14). The Morgan fingerprint density at radius 2 is 1.93 bits per heavy atom. The molecule has 1 heterocycles. The van der Waals surface area contributed by atoms with Gasteiger partial charge in [0.1, 0.15) is 0 Å². The van der Waals surface area contributed by atoms with Gasteiger partial charge >= 0.3 is 0 Å². The zero-order valence-corrected chi connectivity index (χ0v) is 9.45. The number of anilines is 1. The van der Waals surface area contributed by atoms with E-state index >= 15 is 0 Å². The van der Waals surface area contributed by atoms with Crippen molar-refractivity contribution in [1.29, 1.82) is 0 Å². The SMILES string of the molecule is CC1(C)CC(=S)Nc2ccccc2C1. The second kappa shape index (κ2) is 3.35. The summed E-state index contributed by atoms with van der Waals surface area (Å²) in [7, 11) is 0. The molecule has 14 heavy (non-hydrogen) atoms. The van der Waals surface area contributed by atoms with Gasteiger partial charge in [0.2, 0.25) is 0 Å². The first-order valence-corrected chi connectivity index (χ1v) is 5.35. The number of fused-ring (bicyclic) bond motifs is 1. The molecule has 1 N–H and O–H groups in total. The van der Waals surface area contributed by atoms with Gasteiger partial charge in [0.05, 0.1) is 4.99 Å². The first-order chi connectivity index (χ1) is 6.57. The van der Waals surface area contributed by atoms with Crippen LogP contribution in [0.5, 0.6) is 0 Å². The van der Waals surface area contributed by atoms with Gasteiger partial charge in [0.15, 0.2) is 0 Å². The summed E-state index contributed by atoms with van der Waals surface area (Å²) in [6, 6.07) is 8.42. The molecular formula is C12H15NS. The third-order valence-corrected chi connectivity index (χ3v) is 2.85. The number of nitrogens with one attached hydrogen (secondary N) is 1. The first-order valence-electron chi connectivity index (χ1n) is 4.95. The monoisotopic (exact) mass is 205 g/mol. The molecule has 2 heteroatoms. The van der Waals surface area contributed by atoms with E-state index in [1.54, 1.807) is 0 Å². The van der Waals surface area contributed by atoms with Crippen molar-refractivity contribution < 1.29 is 0 Å². The minimum atomic E-state index is 0.274. The zero-order chi connectivity index (χ0) is 10.2. The van der Waals surface area contributed by atoms with Crippen LogP contribution in [0.15, 0.2) is 24.3 Å². The van der Waals surface area contributed by atoms with Crippen molar-refractivity contribution in [2.24, 2.45) is 5.41 Å². The third-order valence-electron chi connectivity index (χ3n) is 2.60. The Hall–Kier alpha value is -0.890. The summed E-state index contributed by atoms with van der Waals surface area (Å²) in [4.78, 5) is 0.958. The average Bonchev–Trinajstić information content (AvgIpc) is 2.16. The second-order valence-electron chi connectivity index (χ2n) is 4.72. The predicted molar refractivity (Wildman–Crippen MR) is 64.8 cm³/mol. The van der Waals surface area contributed by atoms with Gasteiger partial charge in [-0.15, -0.1) is 0 Å². The topological polar surface area (TPSA) is 12.0 Å². The number of hydrogen-bond donors (Lipinski definition) is 1. The molecule has 1 aromatic rings. The van der Waals surface area contributed by atoms with Crippen LogP contribution >= 0.6 is 12.2 Å². The zero-order valence-electron chi connectivity index (χ0n) is 8.63. The second-order valence-corrected chi connectivity index (χ2v) is 5.22. The van der Waals surface area contributed by atoms with Crippen LogP contribution in [-0.2, 0) is 6.42 Å². The summed E-state index contributed by atoms with van der Waals surface area (Å²) in [5, 5.41) is 3.31. The molecule has 0 aliphatic carbocycles. The van der Waals surface area contributed by atoms with Crippen LogP contribution in [0.4, 0.5) is 5.69 Å². The van der Waals surface area contributed by atoms with E-state index in [0.29, 0.717) is 0 Å². The van der Waals surface area contributed by atoms with Gasteiger partial charge in [0.25, 0.3) is 0 Å². The number of benzene rings is 1. The van der Waals surface area contributed by atoms with Crippen LogP contribution in [0.2, 0.25) is 0 Å². The van der Waals surface area contributed by atoms with Crippen molar-refractivity contribution in [2.75, 3.05) is 5.32 Å². The van der Waals surface area contributed by atoms with Gasteiger partial charge in [-0.05, 0) is 23.5 Å². The van der Waals surface area contributed by atoms with E-state index in [9.17, 15) is 0 Å². The predicted octanol–water partition coefficient (Wildman–Crippen LogP) is 3.40. The lowest BCUT2D eigenvalue weighted by Crippen LogP contribution is -2.18. The molecule has 0 amide bonds. The van der Waals surface area contributed by atoms with Crippen LogP contribution < -0.4 is 5.32 Å². The fourth-order valence-corrected chi connectivity index (χ4v) is 2.50. The normalized spacial score (nSPS) is 19.4. The highest BCUT2D eigenvalue weighted by molar-refractivity contribution is 7.80. The summed E-state index contributed by atoms with van der Waals surface area (Å²) < 4.78 is 0. The van der Waals surface area contributed by atoms with Gasteiger partial charge in [0, 0.05) is 12.1 Å². The highest BCUT2D eigenvalue weighted by Crippen LogP contribution is 2.33. The molecule has 0 spiro atoms. The smallest absolute Gasteiger partial charge is 0.0802 e. The Balaban J connectivity index is 2.42. The maximum Gasteiger partial charge on any atom is 0.0802 e. The number of hydrogen-bond acceptors (Lipinski definition) is 1. The van der Waals surface area contributed by atoms with E-state index in [2.05, 4.69) is 37.4 Å². The molecule has 1 nitrogen and oxygen atoms in total. The lowest BCUT2D eigenvalue weighted by Gasteiger charge is -2.21. The molecular weight excluding hydrogens is 190 g/mol. The minimum Gasteiger partial charge on any atom is -0.350 e. The first kappa shape index (κ1) is 9.66. The molecule has 0 unspecified atom stereocenters. The number of para-hydroxylation sites is 1. The lowest BCUT2D eigenvalue weighted by molar-refractivity contribution is 0.385. The molecule has 0 radical (unpaired) electrons. The maximum atomic E-state index is 5.31. The van der Waals surface area contributed by atoms with Crippen LogP contribution in [0.1, 0.15) is 25.8 Å². The highest BCUT2D eigenvalue weighted by atomic mass is 32.1.